The SMILES string of the molecule is Cc1cc(C(C)C)ccc1N1CCC(C)C1. The number of anilines is 1. The molecule has 2 rings (SSSR count). The first-order valence-electron chi connectivity index (χ1n) is 6.43. The highest BCUT2D eigenvalue weighted by molar-refractivity contribution is 5.55. The standard InChI is InChI=1S/C15H23N/c1-11(2)14-5-6-15(13(4)9-14)16-8-7-12(3)10-16/h5-6,9,11-12H,7-8,10H2,1-4H3. The van der Waals surface area contributed by atoms with Gasteiger partial charge in [-0.25, -0.2) is 0 Å². The predicted molar refractivity (Wildman–Crippen MR) is 71.3 cm³/mol. The van der Waals surface area contributed by atoms with Crippen molar-refractivity contribution in [3.05, 3.63) is 29.3 Å². The minimum Gasteiger partial charge on any atom is -0.371 e. The third-order valence-electron chi connectivity index (χ3n) is 3.65. The Labute approximate surface area is 99.5 Å². The van der Waals surface area contributed by atoms with Gasteiger partial charge >= 0.3 is 0 Å². The molecular weight excluding hydrogens is 194 g/mol. The Morgan fingerprint density at radius 2 is 2.06 bits per heavy atom. The molecule has 1 heteroatoms. The lowest BCUT2D eigenvalue weighted by atomic mass is 10.00. The molecule has 0 amide bonds. The second kappa shape index (κ2) is 4.48. The molecule has 0 aromatic heterocycles. The van der Waals surface area contributed by atoms with Crippen LogP contribution in [0.3, 0.4) is 0 Å². The van der Waals surface area contributed by atoms with Gasteiger partial charge in [-0.05, 0) is 42.4 Å². The number of hydrogen-bond acceptors (Lipinski definition) is 1. The van der Waals surface area contributed by atoms with Gasteiger partial charge in [-0.3, -0.25) is 0 Å². The van der Waals surface area contributed by atoms with Gasteiger partial charge in [-0.2, -0.15) is 0 Å². The van der Waals surface area contributed by atoms with Crippen LogP contribution in [0.25, 0.3) is 0 Å². The summed E-state index contributed by atoms with van der Waals surface area (Å²) in [6.45, 7) is 11.5. The van der Waals surface area contributed by atoms with Gasteiger partial charge in [-0.1, -0.05) is 32.9 Å². The zero-order valence-corrected chi connectivity index (χ0v) is 11.0. The van der Waals surface area contributed by atoms with E-state index >= 15 is 0 Å². The molecule has 1 saturated heterocycles. The van der Waals surface area contributed by atoms with Gasteiger partial charge < -0.3 is 4.90 Å². The van der Waals surface area contributed by atoms with E-state index in [0.717, 1.165) is 5.92 Å². The lowest BCUT2D eigenvalue weighted by molar-refractivity contribution is 0.659. The molecule has 16 heavy (non-hydrogen) atoms. The number of benzene rings is 1. The van der Waals surface area contributed by atoms with E-state index in [1.807, 2.05) is 0 Å². The van der Waals surface area contributed by atoms with Crippen LogP contribution < -0.4 is 4.90 Å². The summed E-state index contributed by atoms with van der Waals surface area (Å²) in [5, 5.41) is 0. The highest BCUT2D eigenvalue weighted by Gasteiger charge is 2.20. The number of aryl methyl sites for hydroxylation is 1. The van der Waals surface area contributed by atoms with E-state index in [2.05, 4.69) is 50.8 Å². The highest BCUT2D eigenvalue weighted by atomic mass is 15.1. The van der Waals surface area contributed by atoms with Crippen LogP contribution in [0, 0.1) is 12.8 Å². The van der Waals surface area contributed by atoms with Crippen LogP contribution in [0.4, 0.5) is 5.69 Å². The van der Waals surface area contributed by atoms with Crippen molar-refractivity contribution in [2.45, 2.75) is 40.0 Å². The third-order valence-corrected chi connectivity index (χ3v) is 3.65. The van der Waals surface area contributed by atoms with Gasteiger partial charge in [0.15, 0.2) is 0 Å². The van der Waals surface area contributed by atoms with Crippen molar-refractivity contribution in [2.24, 2.45) is 5.92 Å². The Balaban J connectivity index is 2.22. The molecule has 1 fully saturated rings. The first-order chi connectivity index (χ1) is 7.58. The lowest BCUT2D eigenvalue weighted by Gasteiger charge is -2.21. The summed E-state index contributed by atoms with van der Waals surface area (Å²) in [5.41, 5.74) is 4.32. The van der Waals surface area contributed by atoms with E-state index < -0.39 is 0 Å². The van der Waals surface area contributed by atoms with Crippen LogP contribution in [0.5, 0.6) is 0 Å². The van der Waals surface area contributed by atoms with Crippen molar-refractivity contribution >= 4 is 5.69 Å². The van der Waals surface area contributed by atoms with Gasteiger partial charge in [0.2, 0.25) is 0 Å². The molecule has 1 aliphatic rings. The molecule has 0 bridgehead atoms. The topological polar surface area (TPSA) is 3.24 Å². The lowest BCUT2D eigenvalue weighted by Crippen LogP contribution is -2.20. The zero-order chi connectivity index (χ0) is 11.7. The molecular formula is C15H23N. The molecule has 1 heterocycles. The van der Waals surface area contributed by atoms with Crippen LogP contribution in [0.2, 0.25) is 0 Å². The fourth-order valence-electron chi connectivity index (χ4n) is 2.55. The number of hydrogen-bond donors (Lipinski definition) is 0. The average Bonchev–Trinajstić information content (AvgIpc) is 2.64. The Kier molecular flexibility index (Phi) is 3.22. The molecule has 1 unspecified atom stereocenters. The second-order valence-electron chi connectivity index (χ2n) is 5.54. The highest BCUT2D eigenvalue weighted by Crippen LogP contribution is 2.28. The van der Waals surface area contributed by atoms with Crippen LogP contribution in [-0.4, -0.2) is 13.1 Å². The van der Waals surface area contributed by atoms with E-state index in [1.54, 1.807) is 0 Å². The molecule has 0 saturated carbocycles. The van der Waals surface area contributed by atoms with Gasteiger partial charge in [0.25, 0.3) is 0 Å². The maximum absolute atomic E-state index is 2.53. The summed E-state index contributed by atoms with van der Waals surface area (Å²) in [7, 11) is 0. The summed E-state index contributed by atoms with van der Waals surface area (Å²) in [6.07, 6.45) is 1.34. The Morgan fingerprint density at radius 3 is 2.56 bits per heavy atom. The fourth-order valence-corrected chi connectivity index (χ4v) is 2.55. The summed E-state index contributed by atoms with van der Waals surface area (Å²) in [5.74, 6) is 1.48. The van der Waals surface area contributed by atoms with Crippen molar-refractivity contribution in [1.29, 1.82) is 0 Å². The van der Waals surface area contributed by atoms with Crippen molar-refractivity contribution in [1.82, 2.24) is 0 Å². The van der Waals surface area contributed by atoms with Crippen LogP contribution >= 0.6 is 0 Å². The zero-order valence-electron chi connectivity index (χ0n) is 11.0. The van der Waals surface area contributed by atoms with Crippen molar-refractivity contribution in [3.63, 3.8) is 0 Å². The maximum atomic E-state index is 2.53. The van der Waals surface area contributed by atoms with E-state index in [4.69, 9.17) is 0 Å². The molecule has 0 N–H and O–H groups in total. The largest absolute Gasteiger partial charge is 0.371 e. The molecule has 1 aromatic rings. The molecule has 1 nitrogen and oxygen atoms in total. The van der Waals surface area contributed by atoms with Gasteiger partial charge in [-0.15, -0.1) is 0 Å². The molecule has 0 spiro atoms. The first kappa shape index (κ1) is 11.5. The average molecular weight is 217 g/mol. The normalized spacial score (nSPS) is 20.8. The molecule has 1 atom stereocenters. The van der Waals surface area contributed by atoms with Crippen molar-refractivity contribution in [2.75, 3.05) is 18.0 Å². The maximum Gasteiger partial charge on any atom is 0.0396 e. The van der Waals surface area contributed by atoms with Gasteiger partial charge in [0.05, 0.1) is 0 Å². The fraction of sp³-hybridized carbons (Fsp3) is 0.600. The van der Waals surface area contributed by atoms with Crippen LogP contribution in [-0.2, 0) is 0 Å². The monoisotopic (exact) mass is 217 g/mol. The molecule has 0 aliphatic carbocycles. The molecule has 0 radical (unpaired) electrons. The second-order valence-corrected chi connectivity index (χ2v) is 5.54. The van der Waals surface area contributed by atoms with Crippen LogP contribution in [0.1, 0.15) is 44.2 Å². The van der Waals surface area contributed by atoms with E-state index in [0.29, 0.717) is 5.92 Å². The van der Waals surface area contributed by atoms with E-state index in [1.165, 1.54) is 36.3 Å². The Morgan fingerprint density at radius 1 is 1.31 bits per heavy atom. The third kappa shape index (κ3) is 2.23. The molecule has 88 valence electrons. The van der Waals surface area contributed by atoms with E-state index in [9.17, 15) is 0 Å². The predicted octanol–water partition coefficient (Wildman–Crippen LogP) is 3.96. The quantitative estimate of drug-likeness (QED) is 0.724. The minimum atomic E-state index is 0.630. The minimum absolute atomic E-state index is 0.630. The van der Waals surface area contributed by atoms with E-state index in [-0.39, 0.29) is 0 Å². The summed E-state index contributed by atoms with van der Waals surface area (Å²) < 4.78 is 0. The number of rotatable bonds is 2. The van der Waals surface area contributed by atoms with Crippen LogP contribution in [0.15, 0.2) is 18.2 Å². The Hall–Kier alpha value is -0.980. The summed E-state index contributed by atoms with van der Waals surface area (Å²) in [6, 6.07) is 6.95. The molecule has 1 aromatic carbocycles. The molecule has 1 aliphatic heterocycles. The van der Waals surface area contributed by atoms with Crippen molar-refractivity contribution in [3.8, 4) is 0 Å². The van der Waals surface area contributed by atoms with Gasteiger partial charge in [0.1, 0.15) is 0 Å². The summed E-state index contributed by atoms with van der Waals surface area (Å²) in [4.78, 5) is 2.53. The van der Waals surface area contributed by atoms with Crippen molar-refractivity contribution < 1.29 is 0 Å². The summed E-state index contributed by atoms with van der Waals surface area (Å²) >= 11 is 0. The Bertz CT molecular complexity index is 368. The number of nitrogens with zero attached hydrogens (tertiary/aromatic N) is 1. The first-order valence-corrected chi connectivity index (χ1v) is 6.43. The smallest absolute Gasteiger partial charge is 0.0396 e. The van der Waals surface area contributed by atoms with Gasteiger partial charge in [0, 0.05) is 18.8 Å².